The highest BCUT2D eigenvalue weighted by molar-refractivity contribution is 5.54. The van der Waals surface area contributed by atoms with Gasteiger partial charge < -0.3 is 28.4 Å². The number of aromatic nitrogens is 1. The van der Waals surface area contributed by atoms with E-state index in [1.54, 1.807) is 0 Å². The molecule has 2 nitrogen and oxygen atoms in total. The van der Waals surface area contributed by atoms with Crippen LogP contribution in [-0.4, -0.2) is 0 Å². The van der Waals surface area contributed by atoms with Crippen LogP contribution in [0, 0.1) is 0 Å². The molecule has 1 aliphatic heterocycles. The Bertz CT molecular complexity index is 441. The lowest BCUT2D eigenvalue weighted by Crippen LogP contribution is -3.00. The summed E-state index contributed by atoms with van der Waals surface area (Å²) in [5, 5.41) is 0. The average molecular weight is 327 g/mol. The highest BCUT2D eigenvalue weighted by atomic mass is 127. The zero-order chi connectivity index (χ0) is 10.1. The van der Waals surface area contributed by atoms with E-state index in [9.17, 15) is 0 Å². The summed E-state index contributed by atoms with van der Waals surface area (Å²) in [6.07, 6.45) is 5.73. The fraction of sp³-hybridized carbons (Fsp3) is 0.308. The number of halogens is 1. The Balaban J connectivity index is 0.000000963. The third-order valence-corrected chi connectivity index (χ3v) is 2.92. The molecular weight excluding hydrogens is 313 g/mol. The predicted octanol–water partition coefficient (Wildman–Crippen LogP) is -0.426. The summed E-state index contributed by atoms with van der Waals surface area (Å²) in [7, 11) is 0. The molecule has 0 unspecified atom stereocenters. The molecule has 16 heavy (non-hydrogen) atoms. The van der Waals surface area contributed by atoms with Crippen LogP contribution in [0.5, 0.6) is 0 Å². The zero-order valence-corrected chi connectivity index (χ0v) is 11.2. The molecule has 0 saturated heterocycles. The Labute approximate surface area is 112 Å². The van der Waals surface area contributed by atoms with Crippen LogP contribution in [-0.2, 0) is 13.0 Å². The predicted molar refractivity (Wildman–Crippen MR) is 57.3 cm³/mol. The van der Waals surface area contributed by atoms with Crippen molar-refractivity contribution in [1.82, 2.24) is 0 Å². The summed E-state index contributed by atoms with van der Waals surface area (Å²) in [4.78, 5) is 0. The average Bonchev–Trinajstić information content (AvgIpc) is 2.74. The molecule has 0 aliphatic carbocycles. The maximum Gasteiger partial charge on any atom is 0.347 e. The first-order valence-electron chi connectivity index (χ1n) is 5.51. The monoisotopic (exact) mass is 327 g/mol. The first kappa shape index (κ1) is 11.6. The third kappa shape index (κ3) is 2.14. The normalized spacial score (nSPS) is 14.0. The molecule has 0 amide bonds. The van der Waals surface area contributed by atoms with Crippen LogP contribution in [0.4, 0.5) is 0 Å². The number of hydrogen-bond donors (Lipinski definition) is 0. The highest BCUT2D eigenvalue weighted by Crippen LogP contribution is 2.21. The third-order valence-electron chi connectivity index (χ3n) is 2.92. The SMILES string of the molecule is [I-].c1ccc(-c2c[n+]3c(o2)CCCC3)cc1. The molecule has 0 fully saturated rings. The molecular formula is C13H14INO. The van der Waals surface area contributed by atoms with Crippen molar-refractivity contribution < 1.29 is 33.0 Å². The van der Waals surface area contributed by atoms with E-state index in [0.717, 1.165) is 24.6 Å². The van der Waals surface area contributed by atoms with Crippen molar-refractivity contribution in [3.8, 4) is 11.3 Å². The molecule has 0 atom stereocenters. The van der Waals surface area contributed by atoms with Gasteiger partial charge in [-0.1, -0.05) is 30.3 Å². The lowest BCUT2D eigenvalue weighted by Gasteiger charge is -2.00. The topological polar surface area (TPSA) is 17.0 Å². The van der Waals surface area contributed by atoms with Crippen LogP contribution in [0.2, 0.25) is 0 Å². The first-order chi connectivity index (χ1) is 7.43. The standard InChI is InChI=1S/C13H14NO.HI/c1-2-6-11(7-3-1)12-10-14-9-5-4-8-13(14)15-12;/h1-3,6-7,10H,4-5,8-9H2;1H/q+1;/p-1. The first-order valence-corrected chi connectivity index (χ1v) is 5.51. The molecule has 1 aliphatic rings. The van der Waals surface area contributed by atoms with Crippen molar-refractivity contribution in [2.75, 3.05) is 0 Å². The van der Waals surface area contributed by atoms with Crippen molar-refractivity contribution in [2.24, 2.45) is 0 Å². The van der Waals surface area contributed by atoms with Gasteiger partial charge in [0.15, 0.2) is 6.54 Å². The summed E-state index contributed by atoms with van der Waals surface area (Å²) >= 11 is 0. The van der Waals surface area contributed by atoms with E-state index in [4.69, 9.17) is 4.42 Å². The summed E-state index contributed by atoms with van der Waals surface area (Å²) in [5.74, 6) is 2.12. The molecule has 3 rings (SSSR count). The summed E-state index contributed by atoms with van der Waals surface area (Å²) < 4.78 is 8.10. The molecule has 84 valence electrons. The van der Waals surface area contributed by atoms with E-state index in [-0.39, 0.29) is 24.0 Å². The fourth-order valence-corrected chi connectivity index (χ4v) is 2.10. The van der Waals surface area contributed by atoms with Crippen LogP contribution in [0.25, 0.3) is 11.3 Å². The Kier molecular flexibility index (Phi) is 3.63. The van der Waals surface area contributed by atoms with Gasteiger partial charge >= 0.3 is 5.89 Å². The molecule has 0 radical (unpaired) electrons. The molecule has 1 aromatic carbocycles. The van der Waals surface area contributed by atoms with Gasteiger partial charge in [0.2, 0.25) is 12.0 Å². The van der Waals surface area contributed by atoms with E-state index in [0.29, 0.717) is 0 Å². The van der Waals surface area contributed by atoms with Crippen LogP contribution in [0.3, 0.4) is 0 Å². The minimum absolute atomic E-state index is 0. The molecule has 0 bridgehead atoms. The number of rotatable bonds is 1. The summed E-state index contributed by atoms with van der Waals surface area (Å²) in [6.45, 7) is 1.10. The zero-order valence-electron chi connectivity index (χ0n) is 9.03. The van der Waals surface area contributed by atoms with E-state index in [1.165, 1.54) is 18.4 Å². The number of fused-ring (bicyclic) bond motifs is 1. The Hall–Kier alpha value is -0.840. The van der Waals surface area contributed by atoms with Gasteiger partial charge in [-0.15, -0.1) is 0 Å². The Morgan fingerprint density at radius 1 is 1.06 bits per heavy atom. The number of nitrogens with zero attached hydrogens (tertiary/aromatic N) is 1. The number of hydrogen-bond acceptors (Lipinski definition) is 1. The Morgan fingerprint density at radius 3 is 2.62 bits per heavy atom. The fourth-order valence-electron chi connectivity index (χ4n) is 2.10. The second-order valence-corrected chi connectivity index (χ2v) is 4.01. The second kappa shape index (κ2) is 4.99. The molecule has 0 spiro atoms. The Morgan fingerprint density at radius 2 is 1.88 bits per heavy atom. The van der Waals surface area contributed by atoms with Gasteiger partial charge in [0.25, 0.3) is 0 Å². The second-order valence-electron chi connectivity index (χ2n) is 4.01. The van der Waals surface area contributed by atoms with Gasteiger partial charge in [-0.05, 0) is 6.42 Å². The van der Waals surface area contributed by atoms with Crippen molar-refractivity contribution >= 4 is 0 Å². The van der Waals surface area contributed by atoms with Gasteiger partial charge in [0, 0.05) is 12.0 Å². The van der Waals surface area contributed by atoms with Crippen LogP contribution in [0.15, 0.2) is 40.9 Å². The van der Waals surface area contributed by atoms with Gasteiger partial charge in [0.05, 0.1) is 6.42 Å². The molecule has 1 aromatic heterocycles. The molecule has 0 N–H and O–H groups in total. The van der Waals surface area contributed by atoms with E-state index >= 15 is 0 Å². The van der Waals surface area contributed by atoms with Crippen molar-refractivity contribution in [3.05, 3.63) is 42.4 Å². The lowest BCUT2D eigenvalue weighted by atomic mass is 10.2. The van der Waals surface area contributed by atoms with Crippen molar-refractivity contribution in [2.45, 2.75) is 25.8 Å². The smallest absolute Gasteiger partial charge is 0.347 e. The quantitative estimate of drug-likeness (QED) is 0.513. The molecule has 2 aromatic rings. The molecule has 3 heteroatoms. The summed E-state index contributed by atoms with van der Waals surface area (Å²) in [5.41, 5.74) is 1.17. The minimum Gasteiger partial charge on any atom is -1.00 e. The van der Waals surface area contributed by atoms with Crippen molar-refractivity contribution in [3.63, 3.8) is 0 Å². The van der Waals surface area contributed by atoms with Gasteiger partial charge in [-0.3, -0.25) is 0 Å². The molecule has 0 saturated carbocycles. The highest BCUT2D eigenvalue weighted by Gasteiger charge is 2.23. The summed E-state index contributed by atoms with van der Waals surface area (Å²) in [6, 6.07) is 10.3. The van der Waals surface area contributed by atoms with Gasteiger partial charge in [-0.2, -0.15) is 4.57 Å². The van der Waals surface area contributed by atoms with E-state index in [1.807, 2.05) is 18.2 Å². The van der Waals surface area contributed by atoms with Crippen LogP contribution < -0.4 is 28.5 Å². The maximum absolute atomic E-state index is 5.86. The van der Waals surface area contributed by atoms with E-state index < -0.39 is 0 Å². The molecule has 2 heterocycles. The number of benzene rings is 1. The minimum atomic E-state index is 0. The van der Waals surface area contributed by atoms with E-state index in [2.05, 4.69) is 22.9 Å². The largest absolute Gasteiger partial charge is 1.00 e. The van der Waals surface area contributed by atoms with Crippen LogP contribution in [0.1, 0.15) is 18.7 Å². The van der Waals surface area contributed by atoms with Gasteiger partial charge in [-0.25, -0.2) is 0 Å². The number of oxazole rings is 1. The number of aryl methyl sites for hydroxylation is 2. The van der Waals surface area contributed by atoms with Crippen LogP contribution >= 0.6 is 0 Å². The van der Waals surface area contributed by atoms with Gasteiger partial charge in [0.1, 0.15) is 0 Å². The lowest BCUT2D eigenvalue weighted by molar-refractivity contribution is -0.712. The van der Waals surface area contributed by atoms with Crippen molar-refractivity contribution in [1.29, 1.82) is 0 Å². The maximum atomic E-state index is 5.86.